The Hall–Kier alpha value is -1.69. The third kappa shape index (κ3) is 4.16. The fraction of sp³-hybridized carbons (Fsp3) is 0.333. The molecule has 2 aromatic heterocycles. The molecule has 2 aromatic rings. The fourth-order valence-corrected chi connectivity index (χ4v) is 2.59. The van der Waals surface area contributed by atoms with Crippen molar-refractivity contribution in [3.05, 3.63) is 37.1 Å². The number of aryl methyl sites for hydroxylation is 1. The molecule has 0 spiro atoms. The Labute approximate surface area is 116 Å². The van der Waals surface area contributed by atoms with Crippen LogP contribution in [-0.2, 0) is 15.6 Å². The molecular weight excluding hydrogens is 279 g/mol. The summed E-state index contributed by atoms with van der Waals surface area (Å²) in [6.45, 7) is 2.06. The van der Waals surface area contributed by atoms with Gasteiger partial charge in [-0.2, -0.15) is 0 Å². The Kier molecular flexibility index (Phi) is 4.89. The van der Waals surface area contributed by atoms with Gasteiger partial charge in [-0.15, -0.1) is 0 Å². The molecule has 0 N–H and O–H groups in total. The first-order valence-electron chi connectivity index (χ1n) is 6.17. The summed E-state index contributed by atoms with van der Waals surface area (Å²) in [7, 11) is -3.76. The average molecular weight is 294 g/mol. The highest BCUT2D eigenvalue weighted by atomic mass is 31.2. The van der Waals surface area contributed by atoms with Crippen molar-refractivity contribution in [2.45, 2.75) is 13.5 Å². The Balaban J connectivity index is 2.01. The summed E-state index contributed by atoms with van der Waals surface area (Å²) in [6.07, 6.45) is 6.39. The molecule has 0 aliphatic heterocycles. The van der Waals surface area contributed by atoms with E-state index in [4.69, 9.17) is 0 Å². The van der Waals surface area contributed by atoms with Gasteiger partial charge in [0, 0.05) is 17.8 Å². The van der Waals surface area contributed by atoms with E-state index in [-0.39, 0.29) is 19.3 Å². The predicted molar refractivity (Wildman–Crippen MR) is 69.6 cm³/mol. The normalized spacial score (nSPS) is 13.9. The van der Waals surface area contributed by atoms with Crippen LogP contribution in [0.25, 0.3) is 11.3 Å². The van der Waals surface area contributed by atoms with Crippen LogP contribution in [0.15, 0.2) is 37.1 Å². The monoisotopic (exact) mass is 294 g/mol. The van der Waals surface area contributed by atoms with Gasteiger partial charge in [0.2, 0.25) is 0 Å². The van der Waals surface area contributed by atoms with Crippen molar-refractivity contribution in [1.82, 2.24) is 15.1 Å². The number of nitrogens with zero attached hydrogens (tertiary/aromatic N) is 4. The highest BCUT2D eigenvalue weighted by Crippen LogP contribution is 2.35. The lowest BCUT2D eigenvalue weighted by atomic mass is 10.2. The van der Waals surface area contributed by atoms with Gasteiger partial charge in [0.1, 0.15) is 20.1 Å². The lowest BCUT2D eigenvalue weighted by Crippen LogP contribution is -2.39. The zero-order valence-corrected chi connectivity index (χ0v) is 11.9. The predicted octanol–water partition coefficient (Wildman–Crippen LogP) is 0.416. The first kappa shape index (κ1) is 14.7. The molecule has 2 heterocycles. The molecule has 0 aromatic carbocycles. The maximum Gasteiger partial charge on any atom is 0.197 e. The first-order valence-corrected chi connectivity index (χ1v) is 7.90. The molecule has 0 saturated carbocycles. The standard InChI is InChI=1S/C12H15N4O3P/c1-2-19-20(17,18)8-7-16-6-4-11(9-15-16)12-3-5-13-10-14-12/h3-6,9-10H,2,7-8H2,1H3. The Morgan fingerprint density at radius 3 is 2.90 bits per heavy atom. The van der Waals surface area contributed by atoms with E-state index in [1.165, 1.54) is 6.33 Å². The van der Waals surface area contributed by atoms with E-state index in [1.807, 2.05) is 6.07 Å². The van der Waals surface area contributed by atoms with Crippen molar-refractivity contribution in [1.29, 1.82) is 0 Å². The Morgan fingerprint density at radius 1 is 1.45 bits per heavy atom. The highest BCUT2D eigenvalue weighted by Gasteiger charge is 2.12. The fourth-order valence-electron chi connectivity index (χ4n) is 1.62. The number of aromatic nitrogens is 4. The topological polar surface area (TPSA) is 91.9 Å². The van der Waals surface area contributed by atoms with Crippen LogP contribution in [0, 0.1) is 0 Å². The summed E-state index contributed by atoms with van der Waals surface area (Å²) in [5.74, 6) is 0. The van der Waals surface area contributed by atoms with Crippen molar-refractivity contribution < 1.29 is 18.7 Å². The molecule has 20 heavy (non-hydrogen) atoms. The maximum absolute atomic E-state index is 11.4. The van der Waals surface area contributed by atoms with Crippen LogP contribution in [0.1, 0.15) is 6.92 Å². The van der Waals surface area contributed by atoms with Gasteiger partial charge in [-0.1, -0.05) is 4.68 Å². The molecule has 0 aliphatic carbocycles. The third-order valence-corrected chi connectivity index (χ3v) is 3.98. The molecule has 0 saturated heterocycles. The summed E-state index contributed by atoms with van der Waals surface area (Å²) >= 11 is 0. The lowest BCUT2D eigenvalue weighted by Gasteiger charge is -2.20. The van der Waals surface area contributed by atoms with Gasteiger partial charge in [-0.3, -0.25) is 0 Å². The van der Waals surface area contributed by atoms with Crippen LogP contribution in [0.4, 0.5) is 0 Å². The zero-order chi connectivity index (χ0) is 14.4. The summed E-state index contributed by atoms with van der Waals surface area (Å²) in [5.41, 5.74) is 1.61. The van der Waals surface area contributed by atoms with Crippen molar-refractivity contribution in [3.8, 4) is 11.3 Å². The van der Waals surface area contributed by atoms with E-state index in [2.05, 4.69) is 19.6 Å². The molecule has 1 atom stereocenters. The SMILES string of the molecule is CCOP(=O)([O-])CC[n+]1ccc(-c2ccncn2)cn1. The van der Waals surface area contributed by atoms with Gasteiger partial charge in [0.25, 0.3) is 0 Å². The molecule has 0 aliphatic rings. The summed E-state index contributed by atoms with van der Waals surface area (Å²) in [5, 5.41) is 4.16. The Bertz CT molecular complexity index is 591. The maximum atomic E-state index is 11.4. The Morgan fingerprint density at radius 2 is 2.30 bits per heavy atom. The summed E-state index contributed by atoms with van der Waals surface area (Å²) in [6, 6.07) is 3.61. The molecule has 106 valence electrons. The van der Waals surface area contributed by atoms with Crippen molar-refractivity contribution in [2.24, 2.45) is 0 Å². The number of hydrogen-bond donors (Lipinski definition) is 0. The van der Waals surface area contributed by atoms with E-state index < -0.39 is 7.60 Å². The van der Waals surface area contributed by atoms with Crippen LogP contribution in [-0.4, -0.2) is 27.8 Å². The second kappa shape index (κ2) is 6.65. The van der Waals surface area contributed by atoms with Crippen molar-refractivity contribution >= 4 is 7.60 Å². The average Bonchev–Trinajstić information content (AvgIpc) is 2.47. The van der Waals surface area contributed by atoms with Gasteiger partial charge in [0.05, 0.1) is 18.5 Å². The summed E-state index contributed by atoms with van der Waals surface area (Å²) in [4.78, 5) is 19.4. The summed E-state index contributed by atoms with van der Waals surface area (Å²) < 4.78 is 17.7. The van der Waals surface area contributed by atoms with E-state index in [9.17, 15) is 9.46 Å². The van der Waals surface area contributed by atoms with Crippen LogP contribution in [0.3, 0.4) is 0 Å². The van der Waals surface area contributed by atoms with E-state index in [1.54, 1.807) is 36.3 Å². The van der Waals surface area contributed by atoms with E-state index in [0.717, 1.165) is 11.3 Å². The molecule has 0 amide bonds. The zero-order valence-electron chi connectivity index (χ0n) is 11.0. The largest absolute Gasteiger partial charge is 0.778 e. The van der Waals surface area contributed by atoms with Crippen molar-refractivity contribution in [2.75, 3.05) is 12.8 Å². The van der Waals surface area contributed by atoms with Gasteiger partial charge < -0.3 is 14.0 Å². The molecule has 2 rings (SSSR count). The van der Waals surface area contributed by atoms with Crippen LogP contribution in [0.2, 0.25) is 0 Å². The molecule has 7 nitrogen and oxygen atoms in total. The minimum Gasteiger partial charge on any atom is -0.778 e. The third-order valence-electron chi connectivity index (χ3n) is 2.58. The van der Waals surface area contributed by atoms with Gasteiger partial charge >= 0.3 is 0 Å². The van der Waals surface area contributed by atoms with Gasteiger partial charge in [-0.25, -0.2) is 9.97 Å². The highest BCUT2D eigenvalue weighted by molar-refractivity contribution is 7.51. The van der Waals surface area contributed by atoms with Gasteiger partial charge in [-0.05, 0) is 18.1 Å². The van der Waals surface area contributed by atoms with E-state index in [0.29, 0.717) is 0 Å². The molecule has 0 fully saturated rings. The van der Waals surface area contributed by atoms with Crippen LogP contribution >= 0.6 is 7.60 Å². The van der Waals surface area contributed by atoms with Crippen LogP contribution < -0.4 is 9.58 Å². The number of rotatable bonds is 6. The molecular formula is C12H15N4O3P. The second-order valence-corrected chi connectivity index (χ2v) is 5.95. The molecule has 0 radical (unpaired) electrons. The second-order valence-electron chi connectivity index (χ2n) is 4.03. The van der Waals surface area contributed by atoms with Crippen molar-refractivity contribution in [3.63, 3.8) is 0 Å². The van der Waals surface area contributed by atoms with Crippen LogP contribution in [0.5, 0.6) is 0 Å². The minimum absolute atomic E-state index is 0.0780. The lowest BCUT2D eigenvalue weighted by molar-refractivity contribution is -0.750. The van der Waals surface area contributed by atoms with Gasteiger partial charge in [0.15, 0.2) is 12.7 Å². The first-order chi connectivity index (χ1) is 9.61. The van der Waals surface area contributed by atoms with E-state index >= 15 is 0 Å². The molecule has 1 unspecified atom stereocenters. The number of hydrogen-bond acceptors (Lipinski definition) is 6. The molecule has 8 heteroatoms. The minimum atomic E-state index is -3.76. The quantitative estimate of drug-likeness (QED) is 0.566. The molecule has 0 bridgehead atoms. The smallest absolute Gasteiger partial charge is 0.197 e.